The molecule has 0 spiro atoms. The third kappa shape index (κ3) is 1.53. The summed E-state index contributed by atoms with van der Waals surface area (Å²) in [5.41, 5.74) is 3.46. The van der Waals surface area contributed by atoms with Crippen molar-refractivity contribution in [3.05, 3.63) is 35.9 Å². The van der Waals surface area contributed by atoms with Crippen LogP contribution >= 0.6 is 0 Å². The van der Waals surface area contributed by atoms with Crippen molar-refractivity contribution in [3.63, 3.8) is 0 Å². The summed E-state index contributed by atoms with van der Waals surface area (Å²) in [7, 11) is 2.05. The zero-order chi connectivity index (χ0) is 12.0. The van der Waals surface area contributed by atoms with Crippen LogP contribution in [-0.2, 0) is 7.05 Å². The SMILES string of the molecule is Cc1nc(-c2ccc3c(c2)c(C)cn3C)no1. The monoisotopic (exact) mass is 227 g/mol. The van der Waals surface area contributed by atoms with Gasteiger partial charge in [0.25, 0.3) is 0 Å². The first-order valence-corrected chi connectivity index (χ1v) is 5.51. The van der Waals surface area contributed by atoms with E-state index in [0.717, 1.165) is 5.56 Å². The van der Waals surface area contributed by atoms with Gasteiger partial charge in [-0.1, -0.05) is 5.16 Å². The van der Waals surface area contributed by atoms with E-state index in [2.05, 4.69) is 40.0 Å². The lowest BCUT2D eigenvalue weighted by molar-refractivity contribution is 0.394. The minimum Gasteiger partial charge on any atom is -0.350 e. The summed E-state index contributed by atoms with van der Waals surface area (Å²) in [6, 6.07) is 6.21. The molecular formula is C13H13N3O. The first-order valence-electron chi connectivity index (χ1n) is 5.51. The summed E-state index contributed by atoms with van der Waals surface area (Å²) in [5.74, 6) is 1.23. The number of benzene rings is 1. The lowest BCUT2D eigenvalue weighted by Gasteiger charge is -1.98. The molecule has 0 saturated heterocycles. The molecule has 4 heteroatoms. The van der Waals surface area contributed by atoms with Gasteiger partial charge in [0.15, 0.2) is 0 Å². The highest BCUT2D eigenvalue weighted by atomic mass is 16.5. The summed E-state index contributed by atoms with van der Waals surface area (Å²) in [5, 5.41) is 5.17. The molecule has 0 N–H and O–H groups in total. The number of hydrogen-bond donors (Lipinski definition) is 0. The first-order chi connectivity index (χ1) is 8.15. The van der Waals surface area contributed by atoms with Crippen molar-refractivity contribution in [1.29, 1.82) is 0 Å². The molecule has 3 rings (SSSR count). The van der Waals surface area contributed by atoms with Gasteiger partial charge in [0.05, 0.1) is 0 Å². The Morgan fingerprint density at radius 2 is 2.06 bits per heavy atom. The van der Waals surface area contributed by atoms with Crippen LogP contribution in [0.25, 0.3) is 22.3 Å². The first kappa shape index (κ1) is 10.1. The molecule has 0 unspecified atom stereocenters. The van der Waals surface area contributed by atoms with E-state index in [-0.39, 0.29) is 0 Å². The molecule has 2 aromatic heterocycles. The number of aromatic nitrogens is 3. The normalized spacial score (nSPS) is 11.2. The minimum atomic E-state index is 0.588. The number of aryl methyl sites for hydroxylation is 3. The molecule has 0 aliphatic carbocycles. The quantitative estimate of drug-likeness (QED) is 0.642. The molecule has 0 radical (unpaired) electrons. The number of fused-ring (bicyclic) bond motifs is 1. The fourth-order valence-electron chi connectivity index (χ4n) is 2.14. The van der Waals surface area contributed by atoms with Crippen molar-refractivity contribution in [2.45, 2.75) is 13.8 Å². The van der Waals surface area contributed by atoms with Crippen LogP contribution in [0.4, 0.5) is 0 Å². The molecule has 0 bridgehead atoms. The third-order valence-corrected chi connectivity index (χ3v) is 2.97. The predicted octanol–water partition coefficient (Wildman–Crippen LogP) is 2.85. The van der Waals surface area contributed by atoms with E-state index in [4.69, 9.17) is 4.52 Å². The zero-order valence-corrected chi connectivity index (χ0v) is 10.1. The Morgan fingerprint density at radius 3 is 2.76 bits per heavy atom. The second-order valence-corrected chi connectivity index (χ2v) is 4.29. The van der Waals surface area contributed by atoms with Crippen molar-refractivity contribution in [2.24, 2.45) is 7.05 Å². The molecule has 86 valence electrons. The van der Waals surface area contributed by atoms with Crippen molar-refractivity contribution >= 4 is 10.9 Å². The fraction of sp³-hybridized carbons (Fsp3) is 0.231. The highest BCUT2D eigenvalue weighted by molar-refractivity contribution is 5.87. The molecule has 17 heavy (non-hydrogen) atoms. The van der Waals surface area contributed by atoms with Crippen molar-refractivity contribution in [1.82, 2.24) is 14.7 Å². The van der Waals surface area contributed by atoms with Gasteiger partial charge in [0, 0.05) is 36.6 Å². The highest BCUT2D eigenvalue weighted by Gasteiger charge is 2.09. The van der Waals surface area contributed by atoms with Gasteiger partial charge in [0.1, 0.15) is 0 Å². The standard InChI is InChI=1S/C13H13N3O/c1-8-7-16(3)12-5-4-10(6-11(8)12)13-14-9(2)17-15-13/h4-7H,1-3H3. The van der Waals surface area contributed by atoms with Gasteiger partial charge in [0.2, 0.25) is 11.7 Å². The van der Waals surface area contributed by atoms with E-state index >= 15 is 0 Å². The van der Waals surface area contributed by atoms with Crippen LogP contribution in [0.2, 0.25) is 0 Å². The number of nitrogens with zero attached hydrogens (tertiary/aromatic N) is 3. The van der Waals surface area contributed by atoms with Crippen LogP contribution in [0.5, 0.6) is 0 Å². The largest absolute Gasteiger partial charge is 0.350 e. The molecule has 0 amide bonds. The van der Waals surface area contributed by atoms with Crippen molar-refractivity contribution in [2.75, 3.05) is 0 Å². The van der Waals surface area contributed by atoms with Crippen molar-refractivity contribution in [3.8, 4) is 11.4 Å². The van der Waals surface area contributed by atoms with E-state index < -0.39 is 0 Å². The van der Waals surface area contributed by atoms with Crippen LogP contribution in [0.15, 0.2) is 28.9 Å². The van der Waals surface area contributed by atoms with Crippen LogP contribution in [0.3, 0.4) is 0 Å². The number of hydrogen-bond acceptors (Lipinski definition) is 3. The maximum atomic E-state index is 5.00. The summed E-state index contributed by atoms with van der Waals surface area (Å²) in [6.45, 7) is 3.90. The van der Waals surface area contributed by atoms with E-state index in [9.17, 15) is 0 Å². The van der Waals surface area contributed by atoms with Crippen LogP contribution in [0, 0.1) is 13.8 Å². The molecule has 1 aromatic carbocycles. The van der Waals surface area contributed by atoms with Gasteiger partial charge in [-0.2, -0.15) is 4.98 Å². The summed E-state index contributed by atoms with van der Waals surface area (Å²) < 4.78 is 7.12. The Labute approximate surface area is 98.9 Å². The van der Waals surface area contributed by atoms with Gasteiger partial charge < -0.3 is 9.09 Å². The average molecular weight is 227 g/mol. The maximum Gasteiger partial charge on any atom is 0.223 e. The maximum absolute atomic E-state index is 5.00. The third-order valence-electron chi connectivity index (χ3n) is 2.97. The zero-order valence-electron chi connectivity index (χ0n) is 10.1. The second-order valence-electron chi connectivity index (χ2n) is 4.29. The van der Waals surface area contributed by atoms with E-state index in [1.54, 1.807) is 6.92 Å². The smallest absolute Gasteiger partial charge is 0.223 e. The van der Waals surface area contributed by atoms with Gasteiger partial charge >= 0.3 is 0 Å². The van der Waals surface area contributed by atoms with E-state index in [1.165, 1.54) is 16.5 Å². The Morgan fingerprint density at radius 1 is 1.24 bits per heavy atom. The van der Waals surface area contributed by atoms with Gasteiger partial charge in [-0.25, -0.2) is 0 Å². The van der Waals surface area contributed by atoms with Crippen LogP contribution < -0.4 is 0 Å². The van der Waals surface area contributed by atoms with Gasteiger partial charge in [-0.15, -0.1) is 0 Å². The average Bonchev–Trinajstić information content (AvgIpc) is 2.85. The lowest BCUT2D eigenvalue weighted by atomic mass is 10.1. The molecule has 3 aromatic rings. The van der Waals surface area contributed by atoms with Crippen molar-refractivity contribution < 1.29 is 4.52 Å². The second kappa shape index (κ2) is 3.45. The molecular weight excluding hydrogens is 214 g/mol. The predicted molar refractivity (Wildman–Crippen MR) is 65.7 cm³/mol. The highest BCUT2D eigenvalue weighted by Crippen LogP contribution is 2.25. The molecule has 0 aliphatic rings. The van der Waals surface area contributed by atoms with E-state index in [0.29, 0.717) is 11.7 Å². The minimum absolute atomic E-state index is 0.588. The van der Waals surface area contributed by atoms with Gasteiger partial charge in [-0.3, -0.25) is 0 Å². The van der Waals surface area contributed by atoms with Crippen LogP contribution in [0.1, 0.15) is 11.5 Å². The molecule has 2 heterocycles. The summed E-state index contributed by atoms with van der Waals surface area (Å²) in [6.07, 6.45) is 2.12. The van der Waals surface area contributed by atoms with Crippen LogP contribution in [-0.4, -0.2) is 14.7 Å². The topological polar surface area (TPSA) is 43.9 Å². The Kier molecular flexibility index (Phi) is 2.04. The Balaban J connectivity index is 2.22. The molecule has 4 nitrogen and oxygen atoms in total. The molecule has 0 fully saturated rings. The Hall–Kier alpha value is -2.10. The number of rotatable bonds is 1. The molecule has 0 aliphatic heterocycles. The molecule has 0 saturated carbocycles. The Bertz CT molecular complexity index is 694. The summed E-state index contributed by atoms with van der Waals surface area (Å²) >= 11 is 0. The lowest BCUT2D eigenvalue weighted by Crippen LogP contribution is -1.85. The fourth-order valence-corrected chi connectivity index (χ4v) is 2.14. The molecule has 0 atom stereocenters. The summed E-state index contributed by atoms with van der Waals surface area (Å²) in [4.78, 5) is 4.24. The van der Waals surface area contributed by atoms with E-state index in [1.807, 2.05) is 13.1 Å². The van der Waals surface area contributed by atoms with Gasteiger partial charge in [-0.05, 0) is 30.7 Å².